The molecule has 0 bridgehead atoms. The van der Waals surface area contributed by atoms with Crippen LogP contribution in [0.3, 0.4) is 0 Å². The highest BCUT2D eigenvalue weighted by Crippen LogP contribution is 2.25. The number of nitrogens with two attached hydrogens (primary N) is 1. The number of nitrogen functional groups attached to an aromatic ring is 1. The van der Waals surface area contributed by atoms with E-state index in [2.05, 4.69) is 4.72 Å². The predicted molar refractivity (Wildman–Crippen MR) is 121 cm³/mol. The molecule has 0 aliphatic carbocycles. The van der Waals surface area contributed by atoms with Crippen LogP contribution < -0.4 is 10.5 Å². The lowest BCUT2D eigenvalue weighted by atomic mass is 10.1. The highest BCUT2D eigenvalue weighted by atomic mass is 35.5. The van der Waals surface area contributed by atoms with E-state index in [9.17, 15) is 13.2 Å². The molecule has 0 amide bonds. The highest BCUT2D eigenvalue weighted by Gasteiger charge is 2.19. The van der Waals surface area contributed by atoms with Crippen LogP contribution in [0.1, 0.15) is 12.5 Å². The van der Waals surface area contributed by atoms with Gasteiger partial charge >= 0.3 is 0 Å². The Bertz CT molecular complexity index is 1030. The summed E-state index contributed by atoms with van der Waals surface area (Å²) in [5.74, 6) is -0.0447. The van der Waals surface area contributed by atoms with Crippen LogP contribution in [0.4, 0.5) is 11.4 Å². The third kappa shape index (κ3) is 8.15. The maximum absolute atomic E-state index is 12.4. The number of nitrogens with one attached hydrogen (secondary N) is 1. The van der Waals surface area contributed by atoms with Gasteiger partial charge in [0.25, 0.3) is 10.0 Å². The van der Waals surface area contributed by atoms with Gasteiger partial charge in [-0.25, -0.2) is 8.42 Å². The molecule has 29 heavy (non-hydrogen) atoms. The Hall–Kier alpha value is -2.54. The molecule has 0 radical (unpaired) electrons. The predicted octanol–water partition coefficient (Wildman–Crippen LogP) is 4.96. The summed E-state index contributed by atoms with van der Waals surface area (Å²) in [6, 6.07) is 22.6. The lowest BCUT2D eigenvalue weighted by Crippen LogP contribution is -2.14. The van der Waals surface area contributed by atoms with Gasteiger partial charge in [-0.1, -0.05) is 54.1 Å². The monoisotopic (exact) mass is 452 g/mol. The Kier molecular flexibility index (Phi) is 9.68. The van der Waals surface area contributed by atoms with Crippen molar-refractivity contribution < 1.29 is 13.2 Å². The van der Waals surface area contributed by atoms with Gasteiger partial charge in [-0.2, -0.15) is 0 Å². The molecule has 3 rings (SSSR count). The third-order valence-electron chi connectivity index (χ3n) is 3.56. The van der Waals surface area contributed by atoms with Gasteiger partial charge < -0.3 is 5.73 Å². The molecule has 8 heteroatoms. The lowest BCUT2D eigenvalue weighted by Gasteiger charge is -2.10. The number of rotatable bonds is 5. The molecular weight excluding hydrogens is 431 g/mol. The Labute approximate surface area is 182 Å². The van der Waals surface area contributed by atoms with E-state index in [1.54, 1.807) is 36.4 Å². The zero-order valence-electron chi connectivity index (χ0n) is 15.7. The van der Waals surface area contributed by atoms with Gasteiger partial charge in [-0.3, -0.25) is 9.52 Å². The third-order valence-corrected chi connectivity index (χ3v) is 5.43. The summed E-state index contributed by atoms with van der Waals surface area (Å²) in [5.41, 5.74) is 7.24. The fourth-order valence-electron chi connectivity index (χ4n) is 2.32. The molecule has 0 aliphatic heterocycles. The van der Waals surface area contributed by atoms with Gasteiger partial charge in [0.2, 0.25) is 0 Å². The van der Waals surface area contributed by atoms with Crippen LogP contribution in [0.2, 0.25) is 5.02 Å². The Morgan fingerprint density at radius 1 is 0.966 bits per heavy atom. The highest BCUT2D eigenvalue weighted by molar-refractivity contribution is 7.92. The van der Waals surface area contributed by atoms with E-state index in [0.29, 0.717) is 11.3 Å². The van der Waals surface area contributed by atoms with Gasteiger partial charge in [-0.15, -0.1) is 12.4 Å². The number of hydrogen-bond acceptors (Lipinski definition) is 4. The number of anilines is 2. The minimum Gasteiger partial charge on any atom is -0.399 e. The van der Waals surface area contributed by atoms with Crippen molar-refractivity contribution >= 4 is 51.2 Å². The molecule has 3 aromatic carbocycles. The SMILES string of the molecule is CC(=O)Cc1ccc(Cl)c(S(=O)(=O)Nc2ccccc2)c1.Cl.Nc1ccccc1. The quantitative estimate of drug-likeness (QED) is 0.535. The van der Waals surface area contributed by atoms with E-state index in [0.717, 1.165) is 5.69 Å². The number of Topliss-reactive ketones (excluding diaryl/α,β-unsaturated/α-hetero) is 1. The van der Waals surface area contributed by atoms with Crippen LogP contribution in [0.15, 0.2) is 83.8 Å². The number of halogens is 2. The molecule has 3 aromatic rings. The van der Waals surface area contributed by atoms with Crippen molar-refractivity contribution in [3.63, 3.8) is 0 Å². The van der Waals surface area contributed by atoms with Gasteiger partial charge in [0.15, 0.2) is 0 Å². The van der Waals surface area contributed by atoms with E-state index in [-0.39, 0.29) is 34.5 Å². The first-order valence-corrected chi connectivity index (χ1v) is 10.3. The maximum Gasteiger partial charge on any atom is 0.263 e. The fraction of sp³-hybridized carbons (Fsp3) is 0.0952. The molecule has 0 spiro atoms. The largest absolute Gasteiger partial charge is 0.399 e. The fourth-order valence-corrected chi connectivity index (χ4v) is 3.93. The van der Waals surface area contributed by atoms with Gasteiger partial charge in [-0.05, 0) is 48.9 Å². The minimum absolute atomic E-state index is 0. The standard InChI is InChI=1S/C15H14ClNO3S.C6H7N.ClH/c1-11(18)9-12-7-8-14(16)15(10-12)21(19,20)17-13-5-3-2-4-6-13;7-6-4-2-1-3-5-6;/h2-8,10,17H,9H2,1H3;1-5H,7H2;1H. The molecule has 5 nitrogen and oxygen atoms in total. The molecule has 0 saturated carbocycles. The van der Waals surface area contributed by atoms with Crippen molar-refractivity contribution in [2.75, 3.05) is 10.5 Å². The van der Waals surface area contributed by atoms with Crippen LogP contribution in [-0.2, 0) is 21.2 Å². The first-order chi connectivity index (χ1) is 13.3. The van der Waals surface area contributed by atoms with Crippen LogP contribution in [0.25, 0.3) is 0 Å². The first kappa shape index (κ1) is 24.5. The second-order valence-corrected chi connectivity index (χ2v) is 8.08. The second kappa shape index (κ2) is 11.5. The molecule has 154 valence electrons. The van der Waals surface area contributed by atoms with E-state index < -0.39 is 10.0 Å². The number of benzene rings is 3. The topological polar surface area (TPSA) is 89.3 Å². The number of carbonyl (C=O) groups is 1. The van der Waals surface area contributed by atoms with Crippen molar-refractivity contribution in [1.29, 1.82) is 0 Å². The van der Waals surface area contributed by atoms with Crippen LogP contribution in [0.5, 0.6) is 0 Å². The molecule has 0 fully saturated rings. The zero-order chi connectivity index (χ0) is 20.6. The van der Waals surface area contributed by atoms with Crippen molar-refractivity contribution in [3.05, 3.63) is 89.4 Å². The Balaban J connectivity index is 0.000000445. The normalized spacial score (nSPS) is 10.1. The van der Waals surface area contributed by atoms with Gasteiger partial charge in [0, 0.05) is 17.8 Å². The van der Waals surface area contributed by atoms with Crippen molar-refractivity contribution in [3.8, 4) is 0 Å². The summed E-state index contributed by atoms with van der Waals surface area (Å²) in [7, 11) is -3.80. The van der Waals surface area contributed by atoms with Gasteiger partial charge in [0.1, 0.15) is 10.7 Å². The molecule has 0 atom stereocenters. The molecule has 0 aliphatic rings. The summed E-state index contributed by atoms with van der Waals surface area (Å²) in [4.78, 5) is 11.1. The van der Waals surface area contributed by atoms with E-state index in [1.807, 2.05) is 30.3 Å². The number of para-hydroxylation sites is 2. The van der Waals surface area contributed by atoms with Gasteiger partial charge in [0.05, 0.1) is 5.02 Å². The average molecular weight is 453 g/mol. The number of carbonyl (C=O) groups excluding carboxylic acids is 1. The second-order valence-electron chi connectivity index (χ2n) is 6.03. The molecule has 0 heterocycles. The molecular formula is C21H22Cl2N2O3S. The minimum atomic E-state index is -3.80. The first-order valence-electron chi connectivity index (χ1n) is 8.44. The molecule has 0 aromatic heterocycles. The van der Waals surface area contributed by atoms with Crippen LogP contribution in [0, 0.1) is 0 Å². The molecule has 0 saturated heterocycles. The summed E-state index contributed by atoms with van der Waals surface area (Å²) in [5, 5.41) is 0.116. The van der Waals surface area contributed by atoms with E-state index in [4.69, 9.17) is 17.3 Å². The van der Waals surface area contributed by atoms with Crippen LogP contribution >= 0.6 is 24.0 Å². The summed E-state index contributed by atoms with van der Waals surface area (Å²) >= 11 is 5.98. The molecule has 0 unspecified atom stereocenters. The Morgan fingerprint density at radius 2 is 1.52 bits per heavy atom. The average Bonchev–Trinajstić information content (AvgIpc) is 2.64. The van der Waals surface area contributed by atoms with E-state index in [1.165, 1.54) is 19.1 Å². The summed E-state index contributed by atoms with van der Waals surface area (Å²) < 4.78 is 27.2. The van der Waals surface area contributed by atoms with Crippen molar-refractivity contribution in [2.24, 2.45) is 0 Å². The van der Waals surface area contributed by atoms with Crippen molar-refractivity contribution in [2.45, 2.75) is 18.2 Å². The zero-order valence-corrected chi connectivity index (χ0v) is 18.1. The smallest absolute Gasteiger partial charge is 0.263 e. The molecule has 3 N–H and O–H groups in total. The van der Waals surface area contributed by atoms with E-state index >= 15 is 0 Å². The Morgan fingerprint density at radius 3 is 2.00 bits per heavy atom. The van der Waals surface area contributed by atoms with Crippen molar-refractivity contribution in [1.82, 2.24) is 0 Å². The number of hydrogen-bond donors (Lipinski definition) is 2. The lowest BCUT2D eigenvalue weighted by molar-refractivity contribution is -0.116. The maximum atomic E-state index is 12.4. The van der Waals surface area contributed by atoms with Crippen LogP contribution in [-0.4, -0.2) is 14.2 Å². The number of ketones is 1. The number of sulfonamides is 1. The summed E-state index contributed by atoms with van der Waals surface area (Å²) in [6.45, 7) is 1.45. The summed E-state index contributed by atoms with van der Waals surface area (Å²) in [6.07, 6.45) is 0.172.